The molecular formula is C27H21N3O4. The van der Waals surface area contributed by atoms with E-state index in [0.717, 1.165) is 15.7 Å². The lowest BCUT2D eigenvalue weighted by molar-refractivity contribution is 0.0467. The molecule has 0 aliphatic heterocycles. The number of rotatable bonds is 6. The summed E-state index contributed by atoms with van der Waals surface area (Å²) in [5, 5.41) is 0. The molecule has 0 amide bonds. The van der Waals surface area contributed by atoms with Crippen molar-refractivity contribution in [3.05, 3.63) is 135 Å². The van der Waals surface area contributed by atoms with Crippen LogP contribution in [0.15, 0.2) is 107 Å². The summed E-state index contributed by atoms with van der Waals surface area (Å²) in [5.74, 6) is -0.607. The Bertz CT molecular complexity index is 1570. The molecule has 168 valence electrons. The van der Waals surface area contributed by atoms with E-state index in [0.29, 0.717) is 11.2 Å². The van der Waals surface area contributed by atoms with E-state index >= 15 is 0 Å². The maximum absolute atomic E-state index is 13.5. The third-order valence-corrected chi connectivity index (χ3v) is 5.56. The fourth-order valence-corrected chi connectivity index (χ4v) is 3.88. The van der Waals surface area contributed by atoms with Gasteiger partial charge in [0, 0.05) is 0 Å². The number of H-pyrrole nitrogens is 1. The Hall–Kier alpha value is -4.65. The second kappa shape index (κ2) is 9.07. The first-order valence-electron chi connectivity index (χ1n) is 10.8. The van der Waals surface area contributed by atoms with Crippen LogP contribution in [0.25, 0.3) is 16.7 Å². The van der Waals surface area contributed by atoms with E-state index in [1.54, 1.807) is 24.3 Å². The molecule has 3 aromatic carbocycles. The molecule has 0 spiro atoms. The third-order valence-electron chi connectivity index (χ3n) is 5.56. The number of hydrogen-bond donors (Lipinski definition) is 1. The average molecular weight is 451 g/mol. The Morgan fingerprint density at radius 1 is 0.794 bits per heavy atom. The zero-order valence-corrected chi connectivity index (χ0v) is 18.2. The van der Waals surface area contributed by atoms with Gasteiger partial charge < -0.3 is 9.72 Å². The van der Waals surface area contributed by atoms with Gasteiger partial charge in [0.15, 0.2) is 0 Å². The van der Waals surface area contributed by atoms with Gasteiger partial charge in [0.1, 0.15) is 17.8 Å². The van der Waals surface area contributed by atoms with E-state index in [1.807, 2.05) is 66.7 Å². The first kappa shape index (κ1) is 21.2. The third kappa shape index (κ3) is 4.06. The Morgan fingerprint density at radius 2 is 1.38 bits per heavy atom. The van der Waals surface area contributed by atoms with Crippen LogP contribution >= 0.6 is 0 Å². The Kier molecular flexibility index (Phi) is 5.66. The minimum atomic E-state index is -0.607. The van der Waals surface area contributed by atoms with Crippen LogP contribution in [-0.4, -0.2) is 20.1 Å². The zero-order valence-electron chi connectivity index (χ0n) is 18.2. The number of aromatic amines is 1. The van der Waals surface area contributed by atoms with Crippen molar-refractivity contribution in [2.75, 3.05) is 0 Å². The van der Waals surface area contributed by atoms with Gasteiger partial charge in [-0.15, -0.1) is 0 Å². The topological polar surface area (TPSA) is 86.1 Å². The number of esters is 1. The molecule has 5 rings (SSSR count). The van der Waals surface area contributed by atoms with Crippen LogP contribution in [0, 0.1) is 0 Å². The standard InChI is InChI=1S/C27H21N3O4/c31-25-24-23(16-22(28-24)26(32)34-18-20-12-6-2-7-13-20)29(17-19-10-4-1-5-11-19)27(33)30(25)21-14-8-3-9-15-21/h1-16,28H,17-18H2. The smallest absolute Gasteiger partial charge is 0.355 e. The predicted molar refractivity (Wildman–Crippen MR) is 129 cm³/mol. The monoisotopic (exact) mass is 451 g/mol. The molecule has 0 unspecified atom stereocenters. The van der Waals surface area contributed by atoms with E-state index in [9.17, 15) is 14.4 Å². The molecule has 0 bridgehead atoms. The van der Waals surface area contributed by atoms with E-state index in [2.05, 4.69) is 4.98 Å². The normalized spacial score (nSPS) is 10.9. The zero-order chi connectivity index (χ0) is 23.5. The van der Waals surface area contributed by atoms with Crippen molar-refractivity contribution >= 4 is 17.0 Å². The number of nitrogens with one attached hydrogen (secondary N) is 1. The second-order valence-electron chi connectivity index (χ2n) is 7.84. The summed E-state index contributed by atoms with van der Waals surface area (Å²) in [6.45, 7) is 0.333. The molecule has 0 saturated heterocycles. The van der Waals surface area contributed by atoms with Crippen LogP contribution < -0.4 is 11.2 Å². The van der Waals surface area contributed by atoms with E-state index in [-0.39, 0.29) is 24.4 Å². The van der Waals surface area contributed by atoms with Crippen molar-refractivity contribution < 1.29 is 9.53 Å². The molecule has 0 fully saturated rings. The van der Waals surface area contributed by atoms with Gasteiger partial charge >= 0.3 is 11.7 Å². The first-order chi connectivity index (χ1) is 16.6. The summed E-state index contributed by atoms with van der Waals surface area (Å²) in [6, 6.07) is 29.0. The van der Waals surface area contributed by atoms with Crippen molar-refractivity contribution in [3.63, 3.8) is 0 Å². The van der Waals surface area contributed by atoms with Gasteiger partial charge in [-0.2, -0.15) is 0 Å². The Morgan fingerprint density at radius 3 is 2.03 bits per heavy atom. The van der Waals surface area contributed by atoms with Crippen LogP contribution in [0.4, 0.5) is 0 Å². The van der Waals surface area contributed by atoms with Crippen molar-refractivity contribution in [3.8, 4) is 5.69 Å². The summed E-state index contributed by atoms with van der Waals surface area (Å²) >= 11 is 0. The molecule has 7 heteroatoms. The molecule has 1 N–H and O–H groups in total. The molecule has 0 aliphatic carbocycles. The summed E-state index contributed by atoms with van der Waals surface area (Å²) < 4.78 is 8.02. The van der Waals surface area contributed by atoms with Crippen LogP contribution in [0.1, 0.15) is 21.6 Å². The lowest BCUT2D eigenvalue weighted by Gasteiger charge is -2.12. The van der Waals surface area contributed by atoms with Gasteiger partial charge in [0.2, 0.25) is 0 Å². The lowest BCUT2D eigenvalue weighted by Crippen LogP contribution is -2.39. The second-order valence-corrected chi connectivity index (χ2v) is 7.84. The molecule has 34 heavy (non-hydrogen) atoms. The van der Waals surface area contributed by atoms with E-state index in [1.165, 1.54) is 10.6 Å². The summed E-state index contributed by atoms with van der Waals surface area (Å²) in [4.78, 5) is 42.5. The van der Waals surface area contributed by atoms with Crippen LogP contribution in [0.3, 0.4) is 0 Å². The number of fused-ring (bicyclic) bond motifs is 1. The number of ether oxygens (including phenoxy) is 1. The largest absolute Gasteiger partial charge is 0.456 e. The molecule has 2 heterocycles. The maximum atomic E-state index is 13.5. The molecule has 2 aromatic heterocycles. The van der Waals surface area contributed by atoms with Crippen LogP contribution in [-0.2, 0) is 17.9 Å². The highest BCUT2D eigenvalue weighted by Crippen LogP contribution is 2.15. The number of nitrogens with zero attached hydrogens (tertiary/aromatic N) is 2. The molecule has 0 aliphatic rings. The van der Waals surface area contributed by atoms with Crippen LogP contribution in [0.2, 0.25) is 0 Å². The van der Waals surface area contributed by atoms with E-state index in [4.69, 9.17) is 4.74 Å². The highest BCUT2D eigenvalue weighted by Gasteiger charge is 2.20. The van der Waals surface area contributed by atoms with Gasteiger partial charge in [-0.3, -0.25) is 9.36 Å². The Labute approximate surface area is 194 Å². The van der Waals surface area contributed by atoms with Gasteiger partial charge in [0.25, 0.3) is 5.56 Å². The lowest BCUT2D eigenvalue weighted by atomic mass is 10.2. The van der Waals surface area contributed by atoms with Crippen molar-refractivity contribution in [1.82, 2.24) is 14.1 Å². The number of aromatic nitrogens is 3. The molecule has 7 nitrogen and oxygen atoms in total. The number of para-hydroxylation sites is 1. The highest BCUT2D eigenvalue weighted by atomic mass is 16.5. The highest BCUT2D eigenvalue weighted by molar-refractivity contribution is 5.93. The number of benzene rings is 3. The van der Waals surface area contributed by atoms with E-state index < -0.39 is 17.2 Å². The van der Waals surface area contributed by atoms with Gasteiger partial charge in [-0.1, -0.05) is 78.9 Å². The van der Waals surface area contributed by atoms with Crippen molar-refractivity contribution in [2.24, 2.45) is 0 Å². The van der Waals surface area contributed by atoms with Gasteiger partial charge in [-0.05, 0) is 29.3 Å². The maximum Gasteiger partial charge on any atom is 0.355 e. The molecule has 0 radical (unpaired) electrons. The summed E-state index contributed by atoms with van der Waals surface area (Å²) in [7, 11) is 0. The van der Waals surface area contributed by atoms with Crippen molar-refractivity contribution in [1.29, 1.82) is 0 Å². The fraction of sp³-hybridized carbons (Fsp3) is 0.0741. The van der Waals surface area contributed by atoms with Crippen LogP contribution in [0.5, 0.6) is 0 Å². The minimum absolute atomic E-state index is 0.0973. The predicted octanol–water partition coefficient (Wildman–Crippen LogP) is 3.89. The number of carbonyl (C=O) groups is 1. The summed E-state index contributed by atoms with van der Waals surface area (Å²) in [6.07, 6.45) is 0. The molecule has 0 atom stereocenters. The van der Waals surface area contributed by atoms with Gasteiger partial charge in [-0.25, -0.2) is 14.2 Å². The summed E-state index contributed by atoms with van der Waals surface area (Å²) in [5.41, 5.74) is 1.77. The average Bonchev–Trinajstić information content (AvgIpc) is 3.33. The SMILES string of the molecule is O=C(OCc1ccccc1)c1cc2c([nH]1)c(=O)n(-c1ccccc1)c(=O)n2Cc1ccccc1. The number of hydrogen-bond acceptors (Lipinski definition) is 4. The Balaban J connectivity index is 1.62. The molecular weight excluding hydrogens is 430 g/mol. The van der Waals surface area contributed by atoms with Crippen molar-refractivity contribution in [2.45, 2.75) is 13.2 Å². The minimum Gasteiger partial charge on any atom is -0.456 e. The molecule has 5 aromatic rings. The number of carbonyl (C=O) groups excluding carboxylic acids is 1. The molecule has 0 saturated carbocycles. The quantitative estimate of drug-likeness (QED) is 0.397. The van der Waals surface area contributed by atoms with Gasteiger partial charge in [0.05, 0.1) is 17.7 Å². The first-order valence-corrected chi connectivity index (χ1v) is 10.8. The fourth-order valence-electron chi connectivity index (χ4n) is 3.88.